The summed E-state index contributed by atoms with van der Waals surface area (Å²) >= 11 is 0. The highest BCUT2D eigenvalue weighted by Crippen LogP contribution is 2.20. The molecule has 0 saturated heterocycles. The Morgan fingerprint density at radius 1 is 1.18 bits per heavy atom. The summed E-state index contributed by atoms with van der Waals surface area (Å²) in [4.78, 5) is 8.13. The summed E-state index contributed by atoms with van der Waals surface area (Å²) < 4.78 is 0. The summed E-state index contributed by atoms with van der Waals surface area (Å²) in [6.45, 7) is 2.01. The van der Waals surface area contributed by atoms with E-state index >= 15 is 0 Å². The average molecular weight is 228 g/mol. The first-order chi connectivity index (χ1) is 8.18. The zero-order chi connectivity index (χ0) is 12.3. The number of pyridine rings is 2. The van der Waals surface area contributed by atoms with Crippen LogP contribution in [0.2, 0.25) is 0 Å². The van der Waals surface area contributed by atoms with Crippen molar-refractivity contribution in [3.63, 3.8) is 0 Å². The molecule has 0 spiro atoms. The molecule has 0 aliphatic heterocycles. The van der Waals surface area contributed by atoms with Gasteiger partial charge in [-0.15, -0.1) is 0 Å². The number of aromatic nitrogens is 2. The van der Waals surface area contributed by atoms with E-state index in [1.54, 1.807) is 24.7 Å². The first kappa shape index (κ1) is 11.5. The summed E-state index contributed by atoms with van der Waals surface area (Å²) in [6.07, 6.45) is 7.72. The maximum atomic E-state index is 6.19. The number of nitrogens with zero attached hydrogens (tertiary/aromatic N) is 2. The Balaban J connectivity index is 2.20. The number of aryl methyl sites for hydroxylation is 1. The zero-order valence-electron chi connectivity index (χ0n) is 9.80. The van der Waals surface area contributed by atoms with Gasteiger partial charge in [-0.3, -0.25) is 9.97 Å². The lowest BCUT2D eigenvalue weighted by Gasteiger charge is -2.15. The second-order valence-corrected chi connectivity index (χ2v) is 4.12. The Labute approximate surface area is 101 Å². The molecule has 0 saturated carbocycles. The van der Waals surface area contributed by atoms with Crippen LogP contribution in [0.5, 0.6) is 0 Å². The molecule has 17 heavy (non-hydrogen) atoms. The van der Waals surface area contributed by atoms with Gasteiger partial charge in [-0.1, -0.05) is 0 Å². The highest BCUT2D eigenvalue weighted by atomic mass is 14.7. The fourth-order valence-electron chi connectivity index (χ4n) is 1.86. The fraction of sp³-hybridized carbons (Fsp3) is 0.231. The molecule has 0 amide bonds. The van der Waals surface area contributed by atoms with E-state index in [2.05, 4.69) is 9.97 Å². The minimum Gasteiger partial charge on any atom is -0.398 e. The van der Waals surface area contributed by atoms with Crippen LogP contribution in [0.1, 0.15) is 22.7 Å². The van der Waals surface area contributed by atoms with Crippen LogP contribution in [0.25, 0.3) is 0 Å². The number of hydrogen-bond donors (Lipinski definition) is 2. The molecule has 0 aliphatic rings. The van der Waals surface area contributed by atoms with Crippen LogP contribution >= 0.6 is 0 Å². The van der Waals surface area contributed by atoms with Crippen molar-refractivity contribution in [3.05, 3.63) is 53.6 Å². The molecule has 4 N–H and O–H groups in total. The number of anilines is 1. The third-order valence-electron chi connectivity index (χ3n) is 2.84. The summed E-state index contributed by atoms with van der Waals surface area (Å²) in [6, 6.07) is 3.66. The topological polar surface area (TPSA) is 77.8 Å². The number of nitrogen functional groups attached to an aromatic ring is 1. The standard InChI is InChI=1S/C13H16N4/c1-9-7-16-4-2-11(9)13(15)6-10-8-17-5-3-12(10)14/h2-5,7-8,13H,6,15H2,1H3,(H2,14,17). The molecule has 2 rings (SSSR count). The van der Waals surface area contributed by atoms with E-state index in [0.29, 0.717) is 6.42 Å². The lowest BCUT2D eigenvalue weighted by atomic mass is 9.98. The summed E-state index contributed by atoms with van der Waals surface area (Å²) in [5.41, 5.74) is 16.0. The average Bonchev–Trinajstić information content (AvgIpc) is 2.32. The third kappa shape index (κ3) is 2.60. The molecule has 0 bridgehead atoms. The predicted molar refractivity (Wildman–Crippen MR) is 68.3 cm³/mol. The molecule has 2 aromatic heterocycles. The van der Waals surface area contributed by atoms with Gasteiger partial charge < -0.3 is 11.5 Å². The van der Waals surface area contributed by atoms with Gasteiger partial charge >= 0.3 is 0 Å². The van der Waals surface area contributed by atoms with E-state index < -0.39 is 0 Å². The molecule has 1 unspecified atom stereocenters. The van der Waals surface area contributed by atoms with Crippen LogP contribution < -0.4 is 11.5 Å². The van der Waals surface area contributed by atoms with Crippen LogP contribution in [0.3, 0.4) is 0 Å². The fourth-order valence-corrected chi connectivity index (χ4v) is 1.86. The van der Waals surface area contributed by atoms with Gasteiger partial charge in [0.1, 0.15) is 0 Å². The van der Waals surface area contributed by atoms with Gasteiger partial charge in [-0.05, 0) is 42.2 Å². The van der Waals surface area contributed by atoms with Gasteiger partial charge in [-0.25, -0.2) is 0 Å². The predicted octanol–water partition coefficient (Wildman–Crippen LogP) is 1.61. The van der Waals surface area contributed by atoms with E-state index in [9.17, 15) is 0 Å². The van der Waals surface area contributed by atoms with Gasteiger partial charge in [0.15, 0.2) is 0 Å². The lowest BCUT2D eigenvalue weighted by Crippen LogP contribution is -2.15. The zero-order valence-corrected chi connectivity index (χ0v) is 9.80. The van der Waals surface area contributed by atoms with Crippen molar-refractivity contribution < 1.29 is 0 Å². The van der Waals surface area contributed by atoms with Crippen molar-refractivity contribution in [2.24, 2.45) is 5.73 Å². The second-order valence-electron chi connectivity index (χ2n) is 4.12. The van der Waals surface area contributed by atoms with E-state index in [1.165, 1.54) is 0 Å². The Morgan fingerprint density at radius 2 is 1.88 bits per heavy atom. The van der Waals surface area contributed by atoms with Crippen molar-refractivity contribution >= 4 is 5.69 Å². The molecule has 2 heterocycles. The molecule has 88 valence electrons. The maximum absolute atomic E-state index is 6.19. The van der Waals surface area contributed by atoms with Crippen molar-refractivity contribution in [2.45, 2.75) is 19.4 Å². The largest absolute Gasteiger partial charge is 0.398 e. The molecule has 0 aliphatic carbocycles. The maximum Gasteiger partial charge on any atom is 0.0378 e. The Hall–Kier alpha value is -1.94. The minimum atomic E-state index is -0.0792. The van der Waals surface area contributed by atoms with Crippen molar-refractivity contribution in [3.8, 4) is 0 Å². The molecular formula is C13H16N4. The van der Waals surface area contributed by atoms with Crippen molar-refractivity contribution in [1.29, 1.82) is 0 Å². The Bertz CT molecular complexity index is 510. The Kier molecular flexibility index (Phi) is 3.35. The van der Waals surface area contributed by atoms with Crippen LogP contribution in [0, 0.1) is 6.92 Å². The quantitative estimate of drug-likeness (QED) is 0.836. The molecule has 2 aromatic rings. The van der Waals surface area contributed by atoms with Crippen LogP contribution in [-0.4, -0.2) is 9.97 Å². The Morgan fingerprint density at radius 3 is 2.59 bits per heavy atom. The number of hydrogen-bond acceptors (Lipinski definition) is 4. The molecular weight excluding hydrogens is 212 g/mol. The van der Waals surface area contributed by atoms with Gasteiger partial charge in [-0.2, -0.15) is 0 Å². The van der Waals surface area contributed by atoms with Crippen LogP contribution in [0.4, 0.5) is 5.69 Å². The number of rotatable bonds is 3. The summed E-state index contributed by atoms with van der Waals surface area (Å²) in [5, 5.41) is 0. The summed E-state index contributed by atoms with van der Waals surface area (Å²) in [7, 11) is 0. The molecule has 0 aromatic carbocycles. The molecule has 4 heteroatoms. The van der Waals surface area contributed by atoms with Gasteiger partial charge in [0.05, 0.1) is 0 Å². The molecule has 1 atom stereocenters. The van der Waals surface area contributed by atoms with Crippen LogP contribution in [0.15, 0.2) is 36.9 Å². The lowest BCUT2D eigenvalue weighted by molar-refractivity contribution is 0.714. The second kappa shape index (κ2) is 4.93. The SMILES string of the molecule is Cc1cnccc1C(N)Cc1cnccc1N. The monoisotopic (exact) mass is 228 g/mol. The smallest absolute Gasteiger partial charge is 0.0378 e. The molecule has 4 nitrogen and oxygen atoms in total. The van der Waals surface area contributed by atoms with Crippen molar-refractivity contribution in [2.75, 3.05) is 5.73 Å². The molecule has 0 fully saturated rings. The van der Waals surface area contributed by atoms with E-state index in [0.717, 1.165) is 22.4 Å². The van der Waals surface area contributed by atoms with Crippen LogP contribution in [-0.2, 0) is 6.42 Å². The summed E-state index contributed by atoms with van der Waals surface area (Å²) in [5.74, 6) is 0. The van der Waals surface area contributed by atoms with Gasteiger partial charge in [0.25, 0.3) is 0 Å². The van der Waals surface area contributed by atoms with E-state index in [-0.39, 0.29) is 6.04 Å². The normalized spacial score (nSPS) is 12.4. The minimum absolute atomic E-state index is 0.0792. The molecule has 0 radical (unpaired) electrons. The number of nitrogens with two attached hydrogens (primary N) is 2. The van der Waals surface area contributed by atoms with Crippen molar-refractivity contribution in [1.82, 2.24) is 9.97 Å². The highest BCUT2D eigenvalue weighted by Gasteiger charge is 2.11. The first-order valence-corrected chi connectivity index (χ1v) is 5.53. The van der Waals surface area contributed by atoms with Gasteiger partial charge in [0.2, 0.25) is 0 Å². The third-order valence-corrected chi connectivity index (χ3v) is 2.84. The highest BCUT2D eigenvalue weighted by molar-refractivity contribution is 5.45. The van der Waals surface area contributed by atoms with E-state index in [1.807, 2.05) is 19.2 Å². The van der Waals surface area contributed by atoms with E-state index in [4.69, 9.17) is 11.5 Å². The first-order valence-electron chi connectivity index (χ1n) is 5.53. The van der Waals surface area contributed by atoms with Gasteiger partial charge in [0, 0.05) is 36.5 Å².